The number of methoxy groups -OCH3 is 1. The zero-order valence-electron chi connectivity index (χ0n) is 12.6. The fourth-order valence-electron chi connectivity index (χ4n) is 2.80. The number of rotatable bonds is 3. The molecule has 1 aromatic carbocycles. The van der Waals surface area contributed by atoms with Gasteiger partial charge in [-0.25, -0.2) is 0 Å². The Hall–Kier alpha value is -1.71. The first-order chi connectivity index (χ1) is 9.52. The average molecular weight is 276 g/mol. The van der Waals surface area contributed by atoms with Crippen molar-refractivity contribution < 1.29 is 9.53 Å². The number of nitrogens with two attached hydrogens (primary N) is 1. The summed E-state index contributed by atoms with van der Waals surface area (Å²) < 4.78 is 5.18. The highest BCUT2D eigenvalue weighted by molar-refractivity contribution is 5.95. The minimum atomic E-state index is 0.0745. The number of ether oxygens (including phenoxy) is 1. The fraction of sp³-hybridized carbons (Fsp3) is 0.562. The standard InChI is InChI=1S/C16H24N2O2/c1-11(2)12-6-8-18(9-7-12)16(19)13-4-5-14(17)15(10-13)20-3/h4-5,10-12H,6-9,17H2,1-3H3. The van der Waals surface area contributed by atoms with Gasteiger partial charge in [0.2, 0.25) is 0 Å². The number of benzene rings is 1. The molecule has 0 aliphatic carbocycles. The van der Waals surface area contributed by atoms with Gasteiger partial charge in [0.1, 0.15) is 5.75 Å². The van der Waals surface area contributed by atoms with E-state index in [1.807, 2.05) is 4.90 Å². The maximum atomic E-state index is 12.5. The summed E-state index contributed by atoms with van der Waals surface area (Å²) in [5.41, 5.74) is 6.99. The van der Waals surface area contributed by atoms with Crippen molar-refractivity contribution in [3.8, 4) is 5.75 Å². The minimum Gasteiger partial charge on any atom is -0.495 e. The van der Waals surface area contributed by atoms with Crippen LogP contribution in [0.3, 0.4) is 0 Å². The summed E-state index contributed by atoms with van der Waals surface area (Å²) in [6.45, 7) is 6.20. The van der Waals surface area contributed by atoms with Crippen LogP contribution in [0.4, 0.5) is 5.69 Å². The maximum absolute atomic E-state index is 12.5. The smallest absolute Gasteiger partial charge is 0.253 e. The van der Waals surface area contributed by atoms with Gasteiger partial charge in [-0.05, 0) is 42.9 Å². The topological polar surface area (TPSA) is 55.6 Å². The summed E-state index contributed by atoms with van der Waals surface area (Å²) in [5, 5.41) is 0. The predicted molar refractivity (Wildman–Crippen MR) is 80.9 cm³/mol. The molecule has 2 N–H and O–H groups in total. The third kappa shape index (κ3) is 3.06. The van der Waals surface area contributed by atoms with E-state index in [4.69, 9.17) is 10.5 Å². The van der Waals surface area contributed by atoms with Crippen molar-refractivity contribution in [2.75, 3.05) is 25.9 Å². The molecular formula is C16H24N2O2. The molecule has 4 heteroatoms. The van der Waals surface area contributed by atoms with Crippen LogP contribution in [0.1, 0.15) is 37.0 Å². The highest BCUT2D eigenvalue weighted by Gasteiger charge is 2.25. The molecule has 0 aromatic heterocycles. The second-order valence-corrected chi connectivity index (χ2v) is 5.83. The van der Waals surface area contributed by atoms with Gasteiger partial charge >= 0.3 is 0 Å². The summed E-state index contributed by atoms with van der Waals surface area (Å²) in [7, 11) is 1.56. The second kappa shape index (κ2) is 6.16. The molecule has 2 rings (SSSR count). The number of carbonyl (C=O) groups is 1. The molecule has 1 fully saturated rings. The van der Waals surface area contributed by atoms with E-state index in [0.29, 0.717) is 22.9 Å². The Labute approximate surface area is 120 Å². The summed E-state index contributed by atoms with van der Waals surface area (Å²) >= 11 is 0. The van der Waals surface area contributed by atoms with Crippen LogP contribution in [-0.4, -0.2) is 31.0 Å². The predicted octanol–water partition coefficient (Wildman–Crippen LogP) is 2.79. The van der Waals surface area contributed by atoms with E-state index >= 15 is 0 Å². The molecule has 1 aliphatic rings. The Morgan fingerprint density at radius 2 is 2.00 bits per heavy atom. The molecule has 0 spiro atoms. The Kier molecular flexibility index (Phi) is 4.53. The van der Waals surface area contributed by atoms with Crippen LogP contribution >= 0.6 is 0 Å². The van der Waals surface area contributed by atoms with Crippen LogP contribution in [0.2, 0.25) is 0 Å². The summed E-state index contributed by atoms with van der Waals surface area (Å²) in [4.78, 5) is 14.4. The molecule has 1 aliphatic heterocycles. The van der Waals surface area contributed by atoms with E-state index in [-0.39, 0.29) is 5.91 Å². The lowest BCUT2D eigenvalue weighted by Gasteiger charge is -2.34. The molecule has 0 unspecified atom stereocenters. The van der Waals surface area contributed by atoms with Gasteiger partial charge in [-0.3, -0.25) is 4.79 Å². The first kappa shape index (κ1) is 14.7. The van der Waals surface area contributed by atoms with Gasteiger partial charge in [-0.1, -0.05) is 13.8 Å². The first-order valence-electron chi connectivity index (χ1n) is 7.25. The van der Waals surface area contributed by atoms with Crippen molar-refractivity contribution in [3.63, 3.8) is 0 Å². The monoisotopic (exact) mass is 276 g/mol. The van der Waals surface area contributed by atoms with Gasteiger partial charge in [-0.2, -0.15) is 0 Å². The van der Waals surface area contributed by atoms with Crippen LogP contribution in [0.25, 0.3) is 0 Å². The van der Waals surface area contributed by atoms with Crippen LogP contribution < -0.4 is 10.5 Å². The van der Waals surface area contributed by atoms with Gasteiger partial charge in [0.05, 0.1) is 12.8 Å². The Bertz CT molecular complexity index is 477. The van der Waals surface area contributed by atoms with Crippen molar-refractivity contribution >= 4 is 11.6 Å². The van der Waals surface area contributed by atoms with Gasteiger partial charge in [0.15, 0.2) is 0 Å². The zero-order valence-corrected chi connectivity index (χ0v) is 12.6. The summed E-state index contributed by atoms with van der Waals surface area (Å²) in [5.74, 6) is 2.07. The van der Waals surface area contributed by atoms with Crippen LogP contribution in [-0.2, 0) is 0 Å². The molecule has 1 heterocycles. The Morgan fingerprint density at radius 1 is 1.35 bits per heavy atom. The van der Waals surface area contributed by atoms with Gasteiger partial charge in [0, 0.05) is 18.7 Å². The van der Waals surface area contributed by atoms with Crippen LogP contribution in [0.5, 0.6) is 5.75 Å². The summed E-state index contributed by atoms with van der Waals surface area (Å²) in [6.07, 6.45) is 2.19. The average Bonchev–Trinajstić information content (AvgIpc) is 2.47. The van der Waals surface area contributed by atoms with E-state index < -0.39 is 0 Å². The van der Waals surface area contributed by atoms with Crippen molar-refractivity contribution in [1.29, 1.82) is 0 Å². The summed E-state index contributed by atoms with van der Waals surface area (Å²) in [6, 6.07) is 5.23. The Balaban J connectivity index is 2.05. The number of carbonyl (C=O) groups excluding carboxylic acids is 1. The van der Waals surface area contributed by atoms with Crippen LogP contribution in [0.15, 0.2) is 18.2 Å². The van der Waals surface area contributed by atoms with E-state index in [2.05, 4.69) is 13.8 Å². The number of anilines is 1. The number of likely N-dealkylation sites (tertiary alicyclic amines) is 1. The minimum absolute atomic E-state index is 0.0745. The number of amides is 1. The van der Waals surface area contributed by atoms with E-state index in [0.717, 1.165) is 31.8 Å². The third-order valence-electron chi connectivity index (χ3n) is 4.25. The lowest BCUT2D eigenvalue weighted by Crippen LogP contribution is -2.39. The molecule has 0 atom stereocenters. The lowest BCUT2D eigenvalue weighted by molar-refractivity contribution is 0.0667. The molecular weight excluding hydrogens is 252 g/mol. The van der Waals surface area contributed by atoms with Crippen molar-refractivity contribution in [2.24, 2.45) is 11.8 Å². The van der Waals surface area contributed by atoms with E-state index in [1.165, 1.54) is 0 Å². The number of nitrogen functional groups attached to an aromatic ring is 1. The quantitative estimate of drug-likeness (QED) is 0.864. The Morgan fingerprint density at radius 3 is 2.55 bits per heavy atom. The van der Waals surface area contributed by atoms with Crippen molar-refractivity contribution in [3.05, 3.63) is 23.8 Å². The second-order valence-electron chi connectivity index (χ2n) is 5.83. The number of piperidine rings is 1. The van der Waals surface area contributed by atoms with E-state index in [1.54, 1.807) is 25.3 Å². The first-order valence-corrected chi connectivity index (χ1v) is 7.25. The van der Waals surface area contributed by atoms with Crippen molar-refractivity contribution in [2.45, 2.75) is 26.7 Å². The highest BCUT2D eigenvalue weighted by atomic mass is 16.5. The molecule has 0 saturated carbocycles. The molecule has 110 valence electrons. The van der Waals surface area contributed by atoms with E-state index in [9.17, 15) is 4.79 Å². The molecule has 1 saturated heterocycles. The normalized spacial score (nSPS) is 16.5. The largest absolute Gasteiger partial charge is 0.495 e. The maximum Gasteiger partial charge on any atom is 0.253 e. The lowest BCUT2D eigenvalue weighted by atomic mass is 9.86. The fourth-order valence-corrected chi connectivity index (χ4v) is 2.80. The molecule has 1 amide bonds. The number of hydrogen-bond acceptors (Lipinski definition) is 3. The van der Waals surface area contributed by atoms with Crippen molar-refractivity contribution in [1.82, 2.24) is 4.90 Å². The zero-order chi connectivity index (χ0) is 14.7. The molecule has 20 heavy (non-hydrogen) atoms. The number of nitrogens with zero attached hydrogens (tertiary/aromatic N) is 1. The van der Waals surface area contributed by atoms with Gasteiger partial charge < -0.3 is 15.4 Å². The molecule has 1 aromatic rings. The third-order valence-corrected chi connectivity index (χ3v) is 4.25. The molecule has 0 radical (unpaired) electrons. The molecule has 0 bridgehead atoms. The number of hydrogen-bond donors (Lipinski definition) is 1. The molecule has 4 nitrogen and oxygen atoms in total. The highest BCUT2D eigenvalue weighted by Crippen LogP contribution is 2.27. The van der Waals surface area contributed by atoms with Gasteiger partial charge in [-0.15, -0.1) is 0 Å². The van der Waals surface area contributed by atoms with Gasteiger partial charge in [0.25, 0.3) is 5.91 Å². The van der Waals surface area contributed by atoms with Crippen LogP contribution in [0, 0.1) is 11.8 Å². The SMILES string of the molecule is COc1cc(C(=O)N2CCC(C(C)C)CC2)ccc1N.